The smallest absolute Gasteiger partial charge is 0.182 e. The van der Waals surface area contributed by atoms with Crippen LogP contribution in [0.4, 0.5) is 5.13 Å². The molecule has 2 nitrogen and oxygen atoms in total. The summed E-state index contributed by atoms with van der Waals surface area (Å²) in [5.41, 5.74) is 5.17. The quantitative estimate of drug-likeness (QED) is 0.577. The summed E-state index contributed by atoms with van der Waals surface area (Å²) in [6, 6.07) is 0. The van der Waals surface area contributed by atoms with Crippen molar-refractivity contribution in [3.63, 3.8) is 0 Å². The van der Waals surface area contributed by atoms with Gasteiger partial charge in [-0.15, -0.1) is 0 Å². The van der Waals surface area contributed by atoms with Crippen LogP contribution in [0.15, 0.2) is 0 Å². The fraction of sp³-hybridized carbons (Fsp3) is 0. The van der Waals surface area contributed by atoms with Crippen LogP contribution in [0.3, 0.4) is 0 Å². The molecule has 2 N–H and O–H groups in total. The number of halogens is 1. The van der Waals surface area contributed by atoms with Gasteiger partial charge in [0.1, 0.15) is 10.5 Å². The van der Waals surface area contributed by atoms with Gasteiger partial charge >= 0.3 is 0 Å². The van der Waals surface area contributed by atoms with E-state index < -0.39 is 0 Å². The molecular weight excluding hydrogens is 132 g/mol. The first-order valence-electron chi connectivity index (χ1n) is 1.58. The third-order valence-corrected chi connectivity index (χ3v) is 1.34. The minimum Gasteiger partial charge on any atom is -0.375 e. The number of anilines is 1. The van der Waals surface area contributed by atoms with Crippen LogP contribution in [-0.2, 0) is 0 Å². The van der Waals surface area contributed by atoms with Gasteiger partial charge in [0.15, 0.2) is 5.13 Å². The molecule has 1 rings (SSSR count). The largest absolute Gasteiger partial charge is 0.375 e. The van der Waals surface area contributed by atoms with E-state index in [-0.39, 0.29) is 0 Å². The van der Waals surface area contributed by atoms with Gasteiger partial charge in [-0.2, -0.15) is 0 Å². The first-order chi connectivity index (χ1) is 3.29. The Morgan fingerprint density at radius 2 is 2.57 bits per heavy atom. The highest BCUT2D eigenvalue weighted by Gasteiger charge is 1.90. The van der Waals surface area contributed by atoms with Gasteiger partial charge < -0.3 is 5.73 Å². The third-order valence-electron chi connectivity index (χ3n) is 0.448. The van der Waals surface area contributed by atoms with Gasteiger partial charge in [0.2, 0.25) is 0 Å². The minimum atomic E-state index is 0.463. The fourth-order valence-electron chi connectivity index (χ4n) is 0.236. The Hall–Kier alpha value is -0.280. The monoisotopic (exact) mass is 133 g/mol. The normalized spacial score (nSPS) is 9.29. The van der Waals surface area contributed by atoms with E-state index >= 15 is 0 Å². The van der Waals surface area contributed by atoms with Gasteiger partial charge in [0, 0.05) is 0 Å². The molecule has 1 heterocycles. The van der Waals surface area contributed by atoms with Gasteiger partial charge in [-0.1, -0.05) is 22.9 Å². The third kappa shape index (κ3) is 1.04. The second kappa shape index (κ2) is 1.68. The summed E-state index contributed by atoms with van der Waals surface area (Å²) in [7, 11) is 0. The van der Waals surface area contributed by atoms with Crippen LogP contribution in [0.2, 0.25) is 4.34 Å². The van der Waals surface area contributed by atoms with Crippen molar-refractivity contribution in [2.24, 2.45) is 0 Å². The molecule has 1 radical (unpaired) electrons. The van der Waals surface area contributed by atoms with Crippen LogP contribution in [0, 0.1) is 6.20 Å². The van der Waals surface area contributed by atoms with E-state index in [1.165, 1.54) is 11.3 Å². The van der Waals surface area contributed by atoms with E-state index in [2.05, 4.69) is 11.2 Å². The number of nitrogens with two attached hydrogens (primary N) is 1. The van der Waals surface area contributed by atoms with Gasteiger partial charge in [0.25, 0.3) is 0 Å². The van der Waals surface area contributed by atoms with E-state index in [0.29, 0.717) is 9.47 Å². The molecule has 0 amide bonds. The van der Waals surface area contributed by atoms with Crippen molar-refractivity contribution in [3.8, 4) is 0 Å². The molecule has 0 aliphatic heterocycles. The van der Waals surface area contributed by atoms with Gasteiger partial charge in [-0.25, -0.2) is 4.98 Å². The first-order valence-corrected chi connectivity index (χ1v) is 2.78. The first kappa shape index (κ1) is 4.87. The molecule has 0 aliphatic carbocycles. The molecule has 0 fully saturated rings. The van der Waals surface area contributed by atoms with Crippen LogP contribution in [0.25, 0.3) is 0 Å². The number of rotatable bonds is 0. The van der Waals surface area contributed by atoms with E-state index in [9.17, 15) is 0 Å². The SMILES string of the molecule is Nc1n[c]c(Cl)s1. The maximum absolute atomic E-state index is 5.38. The molecule has 0 saturated carbocycles. The van der Waals surface area contributed by atoms with Crippen LogP contribution >= 0.6 is 22.9 Å². The Morgan fingerprint density at radius 1 is 1.86 bits per heavy atom. The maximum Gasteiger partial charge on any atom is 0.182 e. The standard InChI is InChI=1S/C3H2ClN2S/c4-2-1-6-3(5)7-2/h(H2,5,6). The van der Waals surface area contributed by atoms with E-state index in [4.69, 9.17) is 17.3 Å². The summed E-state index contributed by atoms with van der Waals surface area (Å²) in [5, 5.41) is 0.463. The number of aromatic nitrogens is 1. The molecule has 4 heteroatoms. The fourth-order valence-corrected chi connectivity index (χ4v) is 0.882. The molecular formula is C3H2ClN2S. The Bertz CT molecular complexity index is 145. The van der Waals surface area contributed by atoms with Gasteiger partial charge in [-0.3, -0.25) is 0 Å². The summed E-state index contributed by atoms with van der Waals surface area (Å²) < 4.78 is 0.512. The molecule has 0 atom stereocenters. The van der Waals surface area contributed by atoms with Crippen LogP contribution in [0.1, 0.15) is 0 Å². The van der Waals surface area contributed by atoms with Crippen molar-refractivity contribution in [2.75, 3.05) is 5.73 Å². The summed E-state index contributed by atoms with van der Waals surface area (Å²) in [6.45, 7) is 0. The van der Waals surface area contributed by atoms with Crippen LogP contribution in [0.5, 0.6) is 0 Å². The molecule has 0 unspecified atom stereocenters. The number of thiazole rings is 1. The van der Waals surface area contributed by atoms with Crippen LogP contribution < -0.4 is 5.73 Å². The maximum atomic E-state index is 5.38. The molecule has 7 heavy (non-hydrogen) atoms. The van der Waals surface area contributed by atoms with Crippen molar-refractivity contribution >= 4 is 28.1 Å². The Labute approximate surface area is 49.9 Å². The highest BCUT2D eigenvalue weighted by Crippen LogP contribution is 2.18. The lowest BCUT2D eigenvalue weighted by molar-refractivity contribution is 1.41. The van der Waals surface area contributed by atoms with Crippen molar-refractivity contribution in [2.45, 2.75) is 0 Å². The lowest BCUT2D eigenvalue weighted by atomic mass is 11.0. The molecule has 0 spiro atoms. The second-order valence-corrected chi connectivity index (χ2v) is 2.57. The number of nitrogen functional groups attached to an aromatic ring is 1. The predicted molar refractivity (Wildman–Crippen MR) is 30.4 cm³/mol. The summed E-state index contributed by atoms with van der Waals surface area (Å²) in [4.78, 5) is 3.56. The Balaban J connectivity index is 3.04. The average Bonchev–Trinajstić information content (AvgIpc) is 1.87. The van der Waals surface area contributed by atoms with Crippen molar-refractivity contribution < 1.29 is 0 Å². The van der Waals surface area contributed by atoms with Crippen molar-refractivity contribution in [1.29, 1.82) is 0 Å². The Morgan fingerprint density at radius 3 is 2.71 bits per heavy atom. The lowest BCUT2D eigenvalue weighted by Gasteiger charge is -1.68. The highest BCUT2D eigenvalue weighted by molar-refractivity contribution is 7.19. The molecule has 0 bridgehead atoms. The van der Waals surface area contributed by atoms with E-state index in [1.807, 2.05) is 0 Å². The molecule has 0 saturated heterocycles. The highest BCUT2D eigenvalue weighted by atomic mass is 35.5. The van der Waals surface area contributed by atoms with E-state index in [0.717, 1.165) is 0 Å². The zero-order valence-corrected chi connectivity index (χ0v) is 4.88. The Kier molecular flexibility index (Phi) is 1.17. The number of hydrogen-bond acceptors (Lipinski definition) is 3. The summed E-state index contributed by atoms with van der Waals surface area (Å²) in [5.74, 6) is 0. The second-order valence-electron chi connectivity index (χ2n) is 0.938. The van der Waals surface area contributed by atoms with Gasteiger partial charge in [0.05, 0.1) is 0 Å². The number of nitrogens with zero attached hydrogens (tertiary/aromatic N) is 1. The van der Waals surface area contributed by atoms with E-state index in [1.54, 1.807) is 0 Å². The van der Waals surface area contributed by atoms with Crippen molar-refractivity contribution in [1.82, 2.24) is 4.98 Å². The number of hydrogen-bond donors (Lipinski definition) is 1. The van der Waals surface area contributed by atoms with Gasteiger partial charge in [-0.05, 0) is 0 Å². The van der Waals surface area contributed by atoms with Crippen molar-refractivity contribution in [3.05, 3.63) is 10.5 Å². The zero-order valence-electron chi connectivity index (χ0n) is 3.31. The molecule has 1 aromatic heterocycles. The molecule has 1 aromatic rings. The summed E-state index contributed by atoms with van der Waals surface area (Å²) >= 11 is 6.60. The molecule has 0 aromatic carbocycles. The predicted octanol–water partition coefficient (Wildman–Crippen LogP) is 1.18. The summed E-state index contributed by atoms with van der Waals surface area (Å²) in [6.07, 6.45) is 2.48. The zero-order chi connectivity index (χ0) is 5.28. The van der Waals surface area contributed by atoms with Crippen LogP contribution in [-0.4, -0.2) is 4.98 Å². The average molecular weight is 134 g/mol. The molecule has 0 aliphatic rings. The molecule has 37 valence electrons. The topological polar surface area (TPSA) is 38.9 Å². The minimum absolute atomic E-state index is 0.463. The lowest BCUT2D eigenvalue weighted by Crippen LogP contribution is -1.77.